The Labute approximate surface area is 132 Å². The Kier molecular flexibility index (Phi) is 5.11. The Hall–Kier alpha value is -1.39. The molecular weight excluding hydrogens is 278 g/mol. The number of fused-ring (bicyclic) bond motifs is 1. The highest BCUT2D eigenvalue weighted by Gasteiger charge is 2.24. The minimum absolute atomic E-state index is 0.0893. The van der Waals surface area contributed by atoms with Crippen LogP contribution in [-0.4, -0.2) is 31.8 Å². The molecular formula is C18H25NO3. The van der Waals surface area contributed by atoms with Crippen molar-refractivity contribution in [1.82, 2.24) is 5.32 Å². The summed E-state index contributed by atoms with van der Waals surface area (Å²) in [6.45, 7) is 4.19. The zero-order valence-corrected chi connectivity index (χ0v) is 13.3. The molecule has 1 aliphatic heterocycles. The molecule has 1 aromatic carbocycles. The van der Waals surface area contributed by atoms with E-state index in [1.807, 2.05) is 0 Å². The number of ether oxygens (including phenoxy) is 2. The fourth-order valence-electron chi connectivity index (χ4n) is 3.41. The van der Waals surface area contributed by atoms with Crippen LogP contribution in [0.25, 0.3) is 0 Å². The quantitative estimate of drug-likeness (QED) is 0.910. The van der Waals surface area contributed by atoms with Gasteiger partial charge in [-0.1, -0.05) is 18.2 Å². The van der Waals surface area contributed by atoms with Crippen molar-refractivity contribution in [3.8, 4) is 0 Å². The van der Waals surface area contributed by atoms with Gasteiger partial charge in [-0.05, 0) is 49.3 Å². The average Bonchev–Trinajstić information content (AvgIpc) is 2.93. The van der Waals surface area contributed by atoms with Crippen LogP contribution in [-0.2, 0) is 20.7 Å². The van der Waals surface area contributed by atoms with Crippen molar-refractivity contribution in [1.29, 1.82) is 0 Å². The number of nitrogens with one attached hydrogen (secondary N) is 1. The van der Waals surface area contributed by atoms with Gasteiger partial charge in [0.25, 0.3) is 0 Å². The second-order valence-corrected chi connectivity index (χ2v) is 6.23. The van der Waals surface area contributed by atoms with Gasteiger partial charge in [-0.15, -0.1) is 0 Å². The molecule has 1 heterocycles. The first kappa shape index (κ1) is 15.5. The molecule has 2 aliphatic rings. The fraction of sp³-hybridized carbons (Fsp3) is 0.611. The molecule has 1 amide bonds. The van der Waals surface area contributed by atoms with Gasteiger partial charge in [-0.25, -0.2) is 0 Å². The van der Waals surface area contributed by atoms with Gasteiger partial charge in [0.1, 0.15) is 0 Å². The molecule has 1 atom stereocenters. The lowest BCUT2D eigenvalue weighted by Gasteiger charge is -2.22. The van der Waals surface area contributed by atoms with Gasteiger partial charge in [-0.3, -0.25) is 4.79 Å². The second-order valence-electron chi connectivity index (χ2n) is 6.23. The van der Waals surface area contributed by atoms with Crippen LogP contribution >= 0.6 is 0 Å². The van der Waals surface area contributed by atoms with Gasteiger partial charge >= 0.3 is 0 Å². The standard InChI is InChI=1S/C18H25NO3/c1-13-3-2-4-16-15(13)5-6-17(16)19-18(20)9-12-22-14-7-10-21-11-8-14/h2-4,14,17H,5-12H2,1H3,(H,19,20)/t17-/m0/s1. The Morgan fingerprint density at radius 3 is 2.95 bits per heavy atom. The van der Waals surface area contributed by atoms with Crippen LogP contribution in [0.3, 0.4) is 0 Å². The third kappa shape index (κ3) is 3.68. The van der Waals surface area contributed by atoms with Crippen LogP contribution in [0.2, 0.25) is 0 Å². The molecule has 0 unspecified atom stereocenters. The van der Waals surface area contributed by atoms with E-state index in [9.17, 15) is 4.79 Å². The van der Waals surface area contributed by atoms with Crippen LogP contribution in [0.4, 0.5) is 0 Å². The maximum Gasteiger partial charge on any atom is 0.222 e. The summed E-state index contributed by atoms with van der Waals surface area (Å²) in [5.41, 5.74) is 4.03. The molecule has 0 aromatic heterocycles. The van der Waals surface area contributed by atoms with E-state index in [4.69, 9.17) is 9.47 Å². The maximum atomic E-state index is 12.1. The number of hydrogen-bond donors (Lipinski definition) is 1. The summed E-state index contributed by atoms with van der Waals surface area (Å²) in [4.78, 5) is 12.1. The molecule has 3 rings (SSSR count). The first-order valence-electron chi connectivity index (χ1n) is 8.31. The summed E-state index contributed by atoms with van der Waals surface area (Å²) in [5.74, 6) is 0.0893. The molecule has 1 N–H and O–H groups in total. The Bertz CT molecular complexity index is 523. The molecule has 0 bridgehead atoms. The van der Waals surface area contributed by atoms with Crippen molar-refractivity contribution in [3.05, 3.63) is 34.9 Å². The molecule has 1 fully saturated rings. The number of carbonyl (C=O) groups excluding carboxylic acids is 1. The summed E-state index contributed by atoms with van der Waals surface area (Å²) >= 11 is 0. The summed E-state index contributed by atoms with van der Waals surface area (Å²) < 4.78 is 11.1. The lowest BCUT2D eigenvalue weighted by molar-refractivity contribution is -0.123. The van der Waals surface area contributed by atoms with Crippen LogP contribution in [0.1, 0.15) is 48.4 Å². The zero-order chi connectivity index (χ0) is 15.4. The largest absolute Gasteiger partial charge is 0.381 e. The third-order valence-corrected chi connectivity index (χ3v) is 4.69. The molecule has 1 aliphatic carbocycles. The van der Waals surface area contributed by atoms with Gasteiger partial charge in [0.05, 0.1) is 18.8 Å². The van der Waals surface area contributed by atoms with Crippen LogP contribution in [0.5, 0.6) is 0 Å². The average molecular weight is 303 g/mol. The molecule has 120 valence electrons. The van der Waals surface area contributed by atoms with E-state index in [0.29, 0.717) is 13.0 Å². The van der Waals surface area contributed by atoms with Crippen molar-refractivity contribution < 1.29 is 14.3 Å². The fourth-order valence-corrected chi connectivity index (χ4v) is 3.41. The van der Waals surface area contributed by atoms with E-state index in [0.717, 1.165) is 38.9 Å². The highest BCUT2D eigenvalue weighted by Crippen LogP contribution is 2.32. The minimum atomic E-state index is 0.0893. The van der Waals surface area contributed by atoms with Gasteiger partial charge < -0.3 is 14.8 Å². The second kappa shape index (κ2) is 7.25. The van der Waals surface area contributed by atoms with Gasteiger partial charge in [0.15, 0.2) is 0 Å². The number of rotatable bonds is 5. The van der Waals surface area contributed by atoms with Crippen LogP contribution in [0.15, 0.2) is 18.2 Å². The number of hydrogen-bond acceptors (Lipinski definition) is 3. The summed E-state index contributed by atoms with van der Waals surface area (Å²) in [5, 5.41) is 3.16. The first-order chi connectivity index (χ1) is 10.7. The SMILES string of the molecule is Cc1cccc2c1CC[C@@H]2NC(=O)CCOC1CCOCC1. The predicted octanol–water partition coefficient (Wildman–Crippen LogP) is 2.68. The summed E-state index contributed by atoms with van der Waals surface area (Å²) in [7, 11) is 0. The highest BCUT2D eigenvalue weighted by atomic mass is 16.5. The van der Waals surface area contributed by atoms with Gasteiger partial charge in [-0.2, -0.15) is 0 Å². The van der Waals surface area contributed by atoms with Crippen molar-refractivity contribution in [2.24, 2.45) is 0 Å². The first-order valence-corrected chi connectivity index (χ1v) is 8.31. The summed E-state index contributed by atoms with van der Waals surface area (Å²) in [6, 6.07) is 6.53. The monoisotopic (exact) mass is 303 g/mol. The Morgan fingerprint density at radius 1 is 1.32 bits per heavy atom. The number of carbonyl (C=O) groups is 1. The van der Waals surface area contributed by atoms with E-state index < -0.39 is 0 Å². The number of aryl methyl sites for hydroxylation is 1. The van der Waals surface area contributed by atoms with Crippen LogP contribution in [0, 0.1) is 6.92 Å². The molecule has 0 saturated carbocycles. The number of amides is 1. The van der Waals surface area contributed by atoms with Crippen molar-refractivity contribution >= 4 is 5.91 Å². The maximum absolute atomic E-state index is 12.1. The summed E-state index contributed by atoms with van der Waals surface area (Å²) in [6.07, 6.45) is 4.65. The van der Waals surface area contributed by atoms with Gasteiger partial charge in [0.2, 0.25) is 5.91 Å². The van der Waals surface area contributed by atoms with Gasteiger partial charge in [0, 0.05) is 19.6 Å². The van der Waals surface area contributed by atoms with Crippen molar-refractivity contribution in [3.63, 3.8) is 0 Å². The van der Waals surface area contributed by atoms with Crippen molar-refractivity contribution in [2.45, 2.75) is 51.2 Å². The lowest BCUT2D eigenvalue weighted by atomic mass is 10.0. The molecule has 1 aromatic rings. The Balaban J connectivity index is 1.44. The third-order valence-electron chi connectivity index (χ3n) is 4.69. The smallest absolute Gasteiger partial charge is 0.222 e. The normalized spacial score (nSPS) is 21.6. The van der Waals surface area contributed by atoms with E-state index in [2.05, 4.69) is 30.4 Å². The highest BCUT2D eigenvalue weighted by molar-refractivity contribution is 5.76. The van der Waals surface area contributed by atoms with Crippen LogP contribution < -0.4 is 5.32 Å². The molecule has 1 saturated heterocycles. The lowest BCUT2D eigenvalue weighted by Crippen LogP contribution is -2.29. The number of benzene rings is 1. The molecule has 0 spiro atoms. The zero-order valence-electron chi connectivity index (χ0n) is 13.3. The van der Waals surface area contributed by atoms with E-state index in [1.54, 1.807) is 0 Å². The molecule has 4 nitrogen and oxygen atoms in total. The topological polar surface area (TPSA) is 47.6 Å². The van der Waals surface area contributed by atoms with E-state index in [1.165, 1.54) is 16.7 Å². The Morgan fingerprint density at radius 2 is 2.14 bits per heavy atom. The predicted molar refractivity (Wildman–Crippen MR) is 84.8 cm³/mol. The molecule has 22 heavy (non-hydrogen) atoms. The van der Waals surface area contributed by atoms with E-state index >= 15 is 0 Å². The molecule has 4 heteroatoms. The van der Waals surface area contributed by atoms with E-state index in [-0.39, 0.29) is 18.1 Å². The minimum Gasteiger partial charge on any atom is -0.381 e. The van der Waals surface area contributed by atoms with Crippen molar-refractivity contribution in [2.75, 3.05) is 19.8 Å². The molecule has 0 radical (unpaired) electrons.